The topological polar surface area (TPSA) is 91.4 Å². The molecule has 43 heavy (non-hydrogen) atoms. The summed E-state index contributed by atoms with van der Waals surface area (Å²) < 4.78 is 53.9. The molecule has 0 spiro atoms. The Labute approximate surface area is 258 Å². The van der Waals surface area contributed by atoms with Crippen LogP contribution in [0.25, 0.3) is 0 Å². The molecule has 1 fully saturated rings. The molecule has 13 heteroatoms. The molecule has 0 radical (unpaired) electrons. The first-order chi connectivity index (χ1) is 19.8. The molecule has 0 aromatic heterocycles. The van der Waals surface area contributed by atoms with Gasteiger partial charge in [-0.25, -0.2) is 9.59 Å². The fraction of sp³-hybridized carbons (Fsp3) is 0.500. The highest BCUT2D eigenvalue weighted by Gasteiger charge is 2.35. The van der Waals surface area contributed by atoms with Crippen LogP contribution in [0.2, 0.25) is 0 Å². The summed E-state index contributed by atoms with van der Waals surface area (Å²) in [6.07, 6.45) is -5.90. The Morgan fingerprint density at radius 1 is 0.884 bits per heavy atom. The van der Waals surface area contributed by atoms with Crippen molar-refractivity contribution in [2.24, 2.45) is 0 Å². The fourth-order valence-electron chi connectivity index (χ4n) is 4.26. The van der Waals surface area contributed by atoms with Gasteiger partial charge in [0.25, 0.3) is 0 Å². The van der Waals surface area contributed by atoms with Crippen molar-refractivity contribution in [3.8, 4) is 0 Å². The molecule has 9 nitrogen and oxygen atoms in total. The summed E-state index contributed by atoms with van der Waals surface area (Å²) in [5.41, 5.74) is -1.99. The molecular formula is C30H38BrF3N4O5. The van der Waals surface area contributed by atoms with Crippen LogP contribution in [0.3, 0.4) is 0 Å². The number of nitrogens with one attached hydrogen (secondary N) is 1. The molecule has 1 heterocycles. The van der Waals surface area contributed by atoms with E-state index in [1.165, 1.54) is 12.1 Å². The van der Waals surface area contributed by atoms with E-state index in [1.807, 2.05) is 4.90 Å². The van der Waals surface area contributed by atoms with E-state index >= 15 is 0 Å². The standard InChI is InChI=1S/C30H38BrF3N4O5/c1-28(2,3)42-26(40)37-15-13-36(14-16-37)18-20-7-10-22(17-24(20)30(32,33)34)35-25(39)19-38(27(41)43-29(4,5)6)23-11-8-21(31)9-12-23/h7-12,17H,13-16,18-19H2,1-6H3,(H,35,39). The van der Waals surface area contributed by atoms with Crippen molar-refractivity contribution < 1.29 is 37.0 Å². The molecule has 0 atom stereocenters. The molecule has 2 aromatic carbocycles. The summed E-state index contributed by atoms with van der Waals surface area (Å²) in [5, 5.41) is 2.48. The van der Waals surface area contributed by atoms with Crippen molar-refractivity contribution in [2.75, 3.05) is 42.9 Å². The molecule has 0 unspecified atom stereocenters. The highest BCUT2D eigenvalue weighted by atomic mass is 79.9. The molecule has 236 valence electrons. The van der Waals surface area contributed by atoms with Gasteiger partial charge in [-0.1, -0.05) is 22.0 Å². The zero-order valence-electron chi connectivity index (χ0n) is 25.2. The van der Waals surface area contributed by atoms with E-state index in [0.717, 1.165) is 15.4 Å². The number of rotatable bonds is 6. The van der Waals surface area contributed by atoms with Crippen LogP contribution in [0.4, 0.5) is 34.1 Å². The second kappa shape index (κ2) is 13.5. The number of hydrogen-bond donors (Lipinski definition) is 1. The van der Waals surface area contributed by atoms with Gasteiger partial charge in [0, 0.05) is 48.6 Å². The van der Waals surface area contributed by atoms with Crippen LogP contribution >= 0.6 is 15.9 Å². The summed E-state index contributed by atoms with van der Waals surface area (Å²) in [6.45, 7) is 11.3. The smallest absolute Gasteiger partial charge is 0.416 e. The minimum absolute atomic E-state index is 0.0151. The summed E-state index contributed by atoms with van der Waals surface area (Å²) in [4.78, 5) is 42.7. The molecule has 3 rings (SSSR count). The molecule has 0 bridgehead atoms. The summed E-state index contributed by atoms with van der Waals surface area (Å²) in [5.74, 6) is -0.701. The van der Waals surface area contributed by atoms with Crippen molar-refractivity contribution in [1.82, 2.24) is 9.80 Å². The Hall–Kier alpha value is -3.32. The van der Waals surface area contributed by atoms with Gasteiger partial charge in [-0.05, 0) is 83.5 Å². The number of alkyl halides is 3. The number of ether oxygens (including phenoxy) is 2. The third kappa shape index (κ3) is 10.7. The van der Waals surface area contributed by atoms with Gasteiger partial charge >= 0.3 is 18.4 Å². The predicted molar refractivity (Wildman–Crippen MR) is 161 cm³/mol. The number of hydrogen-bond acceptors (Lipinski definition) is 6. The number of halogens is 4. The second-order valence-corrected chi connectivity index (χ2v) is 13.1. The molecule has 1 saturated heterocycles. The van der Waals surface area contributed by atoms with E-state index in [-0.39, 0.29) is 17.8 Å². The summed E-state index contributed by atoms with van der Waals surface area (Å²) in [6, 6.07) is 10.2. The summed E-state index contributed by atoms with van der Waals surface area (Å²) >= 11 is 3.32. The molecule has 0 aliphatic carbocycles. The van der Waals surface area contributed by atoms with Gasteiger partial charge in [0.15, 0.2) is 0 Å². The number of benzene rings is 2. The van der Waals surface area contributed by atoms with Crippen LogP contribution in [-0.4, -0.2) is 71.8 Å². The van der Waals surface area contributed by atoms with Crippen LogP contribution in [0.15, 0.2) is 46.9 Å². The average Bonchev–Trinajstić information content (AvgIpc) is 2.86. The van der Waals surface area contributed by atoms with Crippen LogP contribution in [-0.2, 0) is 27.0 Å². The zero-order valence-corrected chi connectivity index (χ0v) is 26.8. The molecule has 1 N–H and O–H groups in total. The maximum Gasteiger partial charge on any atom is 0.416 e. The van der Waals surface area contributed by atoms with E-state index in [1.54, 1.807) is 70.7 Å². The maximum absolute atomic E-state index is 14.1. The van der Waals surface area contributed by atoms with Crippen molar-refractivity contribution in [3.05, 3.63) is 58.1 Å². The van der Waals surface area contributed by atoms with Crippen molar-refractivity contribution in [2.45, 2.75) is 65.5 Å². The third-order valence-electron chi connectivity index (χ3n) is 6.17. The Morgan fingerprint density at radius 3 is 2.00 bits per heavy atom. The number of piperazine rings is 1. The van der Waals surface area contributed by atoms with Crippen LogP contribution in [0.1, 0.15) is 52.7 Å². The largest absolute Gasteiger partial charge is 0.444 e. The number of amides is 3. The number of anilines is 2. The van der Waals surface area contributed by atoms with Gasteiger partial charge in [0.1, 0.15) is 17.7 Å². The van der Waals surface area contributed by atoms with E-state index in [2.05, 4.69) is 21.2 Å². The fourth-order valence-corrected chi connectivity index (χ4v) is 4.52. The van der Waals surface area contributed by atoms with E-state index in [4.69, 9.17) is 9.47 Å². The zero-order chi connectivity index (χ0) is 32.2. The van der Waals surface area contributed by atoms with Crippen molar-refractivity contribution in [3.63, 3.8) is 0 Å². The molecule has 3 amide bonds. The molecule has 1 aliphatic rings. The van der Waals surface area contributed by atoms with Crippen LogP contribution < -0.4 is 10.2 Å². The first-order valence-corrected chi connectivity index (χ1v) is 14.6. The van der Waals surface area contributed by atoms with Gasteiger partial charge in [0.05, 0.1) is 5.56 Å². The highest BCUT2D eigenvalue weighted by Crippen LogP contribution is 2.35. The lowest BCUT2D eigenvalue weighted by molar-refractivity contribution is -0.138. The molecular weight excluding hydrogens is 633 g/mol. The average molecular weight is 672 g/mol. The summed E-state index contributed by atoms with van der Waals surface area (Å²) in [7, 11) is 0. The third-order valence-corrected chi connectivity index (χ3v) is 6.70. The van der Waals surface area contributed by atoms with Gasteiger partial charge in [-0.3, -0.25) is 14.6 Å². The quantitative estimate of drug-likeness (QED) is 0.360. The minimum atomic E-state index is -4.67. The highest BCUT2D eigenvalue weighted by molar-refractivity contribution is 9.10. The first-order valence-electron chi connectivity index (χ1n) is 13.8. The SMILES string of the molecule is CC(C)(C)OC(=O)N1CCN(Cc2ccc(NC(=O)CN(C(=O)OC(C)(C)C)c3ccc(Br)cc3)cc2C(F)(F)F)CC1. The normalized spacial score (nSPS) is 14.7. The number of nitrogens with zero attached hydrogens (tertiary/aromatic N) is 3. The molecule has 0 saturated carbocycles. The lowest BCUT2D eigenvalue weighted by Gasteiger charge is -2.36. The Balaban J connectivity index is 1.71. The van der Waals surface area contributed by atoms with Gasteiger partial charge < -0.3 is 19.7 Å². The number of carbonyl (C=O) groups excluding carboxylic acids is 3. The monoisotopic (exact) mass is 670 g/mol. The minimum Gasteiger partial charge on any atom is -0.444 e. The predicted octanol–water partition coefficient (Wildman–Crippen LogP) is 6.90. The van der Waals surface area contributed by atoms with Crippen molar-refractivity contribution >= 4 is 45.4 Å². The Morgan fingerprint density at radius 2 is 1.47 bits per heavy atom. The Bertz CT molecular complexity index is 1300. The van der Waals surface area contributed by atoms with Crippen LogP contribution in [0, 0.1) is 0 Å². The van der Waals surface area contributed by atoms with E-state index in [9.17, 15) is 27.6 Å². The lowest BCUT2D eigenvalue weighted by Crippen LogP contribution is -2.49. The van der Waals surface area contributed by atoms with E-state index in [0.29, 0.717) is 31.9 Å². The first kappa shape index (κ1) is 34.2. The second-order valence-electron chi connectivity index (χ2n) is 12.2. The van der Waals surface area contributed by atoms with Gasteiger partial charge in [-0.2, -0.15) is 13.2 Å². The Kier molecular flexibility index (Phi) is 10.8. The lowest BCUT2D eigenvalue weighted by atomic mass is 10.0. The van der Waals surface area contributed by atoms with Crippen molar-refractivity contribution in [1.29, 1.82) is 0 Å². The van der Waals surface area contributed by atoms with E-state index < -0.39 is 47.6 Å². The molecule has 1 aliphatic heterocycles. The van der Waals surface area contributed by atoms with Crippen LogP contribution in [0.5, 0.6) is 0 Å². The number of carbonyl (C=O) groups is 3. The van der Waals surface area contributed by atoms with Gasteiger partial charge in [-0.15, -0.1) is 0 Å². The van der Waals surface area contributed by atoms with Gasteiger partial charge in [0.2, 0.25) is 5.91 Å². The maximum atomic E-state index is 14.1. The molecule has 2 aromatic rings.